The largest absolute Gasteiger partial charge is 0.493 e. The Balaban J connectivity index is 2.18. The molecule has 0 amide bonds. The van der Waals surface area contributed by atoms with Crippen molar-refractivity contribution in [1.82, 2.24) is 5.32 Å². The van der Waals surface area contributed by atoms with Crippen molar-refractivity contribution in [3.8, 4) is 5.75 Å². The topological polar surface area (TPSA) is 30.5 Å². The van der Waals surface area contributed by atoms with Crippen molar-refractivity contribution < 1.29 is 9.47 Å². The van der Waals surface area contributed by atoms with Gasteiger partial charge in [0.15, 0.2) is 0 Å². The van der Waals surface area contributed by atoms with Gasteiger partial charge in [-0.05, 0) is 38.3 Å². The van der Waals surface area contributed by atoms with E-state index in [9.17, 15) is 0 Å². The van der Waals surface area contributed by atoms with E-state index in [0.29, 0.717) is 12.0 Å². The van der Waals surface area contributed by atoms with Gasteiger partial charge in [-0.25, -0.2) is 0 Å². The molecule has 0 saturated carbocycles. The molecule has 1 N–H and O–H groups in total. The maximum absolute atomic E-state index is 5.96. The van der Waals surface area contributed by atoms with Crippen LogP contribution in [0.2, 0.25) is 0 Å². The van der Waals surface area contributed by atoms with Crippen molar-refractivity contribution in [3.63, 3.8) is 0 Å². The first-order valence-corrected chi connectivity index (χ1v) is 8.39. The van der Waals surface area contributed by atoms with Crippen LogP contribution in [0.1, 0.15) is 51.1 Å². The molecule has 3 nitrogen and oxygen atoms in total. The van der Waals surface area contributed by atoms with E-state index < -0.39 is 0 Å². The van der Waals surface area contributed by atoms with Gasteiger partial charge in [0.25, 0.3) is 0 Å². The highest BCUT2D eigenvalue weighted by molar-refractivity contribution is 5.36. The average molecular weight is 291 g/mol. The summed E-state index contributed by atoms with van der Waals surface area (Å²) in [6, 6.07) is 8.79. The lowest BCUT2D eigenvalue weighted by Crippen LogP contribution is -2.34. The second kappa shape index (κ2) is 9.06. The van der Waals surface area contributed by atoms with Crippen LogP contribution < -0.4 is 10.1 Å². The lowest BCUT2D eigenvalue weighted by molar-refractivity contribution is 0.0386. The molecule has 1 saturated heterocycles. The standard InChI is InChI=1S/C18H29NO2/c1-3-11-19-18(15-8-7-13-20-14-15)16-9-5-6-10-17(16)21-12-4-2/h5-6,9-10,15,18-19H,3-4,7-8,11-14H2,1-2H3. The van der Waals surface area contributed by atoms with Crippen LogP contribution in [0.5, 0.6) is 5.75 Å². The minimum absolute atomic E-state index is 0.332. The summed E-state index contributed by atoms with van der Waals surface area (Å²) < 4.78 is 11.7. The highest BCUT2D eigenvalue weighted by Gasteiger charge is 2.27. The average Bonchev–Trinajstić information content (AvgIpc) is 2.55. The molecule has 0 bridgehead atoms. The first kappa shape index (κ1) is 16.3. The van der Waals surface area contributed by atoms with Crippen molar-refractivity contribution in [1.29, 1.82) is 0 Å². The molecule has 118 valence electrons. The normalized spacial score (nSPS) is 20.2. The smallest absolute Gasteiger partial charge is 0.124 e. The van der Waals surface area contributed by atoms with Gasteiger partial charge in [-0.3, -0.25) is 0 Å². The van der Waals surface area contributed by atoms with E-state index in [1.165, 1.54) is 12.0 Å². The summed E-state index contributed by atoms with van der Waals surface area (Å²) >= 11 is 0. The number of ether oxygens (including phenoxy) is 2. The molecule has 1 aliphatic heterocycles. The van der Waals surface area contributed by atoms with Crippen LogP contribution in [0.25, 0.3) is 0 Å². The third-order valence-electron chi connectivity index (χ3n) is 4.00. The van der Waals surface area contributed by atoms with E-state index in [4.69, 9.17) is 9.47 Å². The summed E-state index contributed by atoms with van der Waals surface area (Å²) in [5.74, 6) is 1.57. The van der Waals surface area contributed by atoms with Crippen LogP contribution in [0, 0.1) is 5.92 Å². The van der Waals surface area contributed by atoms with Crippen LogP contribution in [0.3, 0.4) is 0 Å². The summed E-state index contributed by atoms with van der Waals surface area (Å²) in [5, 5.41) is 3.71. The predicted molar refractivity (Wildman–Crippen MR) is 86.8 cm³/mol. The molecule has 2 unspecified atom stereocenters. The Morgan fingerprint density at radius 2 is 2.14 bits per heavy atom. The third-order valence-corrected chi connectivity index (χ3v) is 4.00. The molecule has 21 heavy (non-hydrogen) atoms. The summed E-state index contributed by atoms with van der Waals surface area (Å²) in [4.78, 5) is 0. The minimum Gasteiger partial charge on any atom is -0.493 e. The Labute approximate surface area is 129 Å². The van der Waals surface area contributed by atoms with Gasteiger partial charge in [-0.1, -0.05) is 32.0 Å². The fourth-order valence-electron chi connectivity index (χ4n) is 2.94. The van der Waals surface area contributed by atoms with E-state index in [-0.39, 0.29) is 0 Å². The molecule has 1 fully saturated rings. The van der Waals surface area contributed by atoms with Crippen molar-refractivity contribution in [3.05, 3.63) is 29.8 Å². The Morgan fingerprint density at radius 3 is 2.86 bits per heavy atom. The molecular formula is C18H29NO2. The van der Waals surface area contributed by atoms with Gasteiger partial charge in [0.05, 0.1) is 13.2 Å². The Morgan fingerprint density at radius 1 is 1.29 bits per heavy atom. The zero-order chi connectivity index (χ0) is 14.9. The molecule has 1 aromatic carbocycles. The molecule has 1 aromatic rings. The number of para-hydroxylation sites is 1. The zero-order valence-corrected chi connectivity index (χ0v) is 13.4. The molecule has 1 aliphatic rings. The van der Waals surface area contributed by atoms with Crippen molar-refractivity contribution >= 4 is 0 Å². The highest BCUT2D eigenvalue weighted by Crippen LogP contribution is 2.34. The lowest BCUT2D eigenvalue weighted by atomic mass is 9.88. The fourth-order valence-corrected chi connectivity index (χ4v) is 2.94. The molecule has 0 radical (unpaired) electrons. The van der Waals surface area contributed by atoms with E-state index >= 15 is 0 Å². The number of rotatable bonds is 8. The first-order chi connectivity index (χ1) is 10.4. The van der Waals surface area contributed by atoms with Crippen molar-refractivity contribution in [2.24, 2.45) is 5.92 Å². The molecule has 3 heteroatoms. The second-order valence-electron chi connectivity index (χ2n) is 5.80. The summed E-state index contributed by atoms with van der Waals surface area (Å²) in [7, 11) is 0. The summed E-state index contributed by atoms with van der Waals surface area (Å²) in [6.45, 7) is 7.92. The quantitative estimate of drug-likeness (QED) is 0.787. The maximum atomic E-state index is 5.96. The number of hydrogen-bond acceptors (Lipinski definition) is 3. The fraction of sp³-hybridized carbons (Fsp3) is 0.667. The van der Waals surface area contributed by atoms with Gasteiger partial charge in [-0.15, -0.1) is 0 Å². The van der Waals surface area contributed by atoms with Crippen molar-refractivity contribution in [2.45, 2.75) is 45.6 Å². The molecule has 0 spiro atoms. The van der Waals surface area contributed by atoms with Crippen LogP contribution in [-0.2, 0) is 4.74 Å². The van der Waals surface area contributed by atoms with Crippen LogP contribution >= 0.6 is 0 Å². The molecule has 2 atom stereocenters. The van der Waals surface area contributed by atoms with Gasteiger partial charge >= 0.3 is 0 Å². The van der Waals surface area contributed by atoms with Gasteiger partial charge in [-0.2, -0.15) is 0 Å². The van der Waals surface area contributed by atoms with Crippen molar-refractivity contribution in [2.75, 3.05) is 26.4 Å². The molecule has 0 aliphatic carbocycles. The summed E-state index contributed by atoms with van der Waals surface area (Å²) in [5.41, 5.74) is 1.29. The maximum Gasteiger partial charge on any atom is 0.124 e. The molecule has 0 aromatic heterocycles. The number of nitrogens with one attached hydrogen (secondary N) is 1. The molecular weight excluding hydrogens is 262 g/mol. The Kier molecular flexibility index (Phi) is 7.04. The number of hydrogen-bond donors (Lipinski definition) is 1. The highest BCUT2D eigenvalue weighted by atomic mass is 16.5. The second-order valence-corrected chi connectivity index (χ2v) is 5.80. The lowest BCUT2D eigenvalue weighted by Gasteiger charge is -2.32. The predicted octanol–water partition coefficient (Wildman–Crippen LogP) is 3.94. The van der Waals surface area contributed by atoms with E-state index in [0.717, 1.165) is 51.4 Å². The Bertz CT molecular complexity index is 402. The van der Waals surface area contributed by atoms with E-state index in [1.54, 1.807) is 0 Å². The molecule has 1 heterocycles. The Hall–Kier alpha value is -1.06. The van der Waals surface area contributed by atoms with E-state index in [1.807, 2.05) is 0 Å². The van der Waals surface area contributed by atoms with Crippen LogP contribution in [0.15, 0.2) is 24.3 Å². The minimum atomic E-state index is 0.332. The number of benzene rings is 1. The van der Waals surface area contributed by atoms with Crippen LogP contribution in [-0.4, -0.2) is 26.4 Å². The first-order valence-electron chi connectivity index (χ1n) is 8.39. The third kappa shape index (κ3) is 4.72. The monoisotopic (exact) mass is 291 g/mol. The molecule has 2 rings (SSSR count). The van der Waals surface area contributed by atoms with Crippen LogP contribution in [0.4, 0.5) is 0 Å². The van der Waals surface area contributed by atoms with Gasteiger partial charge < -0.3 is 14.8 Å². The van der Waals surface area contributed by atoms with E-state index in [2.05, 4.69) is 43.4 Å². The zero-order valence-electron chi connectivity index (χ0n) is 13.4. The van der Waals surface area contributed by atoms with Gasteiger partial charge in [0.1, 0.15) is 5.75 Å². The summed E-state index contributed by atoms with van der Waals surface area (Å²) in [6.07, 6.45) is 4.56. The van der Waals surface area contributed by atoms with Gasteiger partial charge in [0.2, 0.25) is 0 Å². The van der Waals surface area contributed by atoms with Gasteiger partial charge in [0, 0.05) is 24.1 Å². The SMILES string of the molecule is CCCNC(c1ccccc1OCCC)C1CCCOC1.